The fourth-order valence-corrected chi connectivity index (χ4v) is 8.56. The van der Waals surface area contributed by atoms with Gasteiger partial charge in [0.15, 0.2) is 0 Å². The molecule has 2 heterocycles. The molecule has 2 aromatic heterocycles. The number of hydrogen-bond acceptors (Lipinski definition) is 3. The van der Waals surface area contributed by atoms with Gasteiger partial charge in [0, 0.05) is 47.9 Å². The summed E-state index contributed by atoms with van der Waals surface area (Å²) in [4.78, 5) is 2.39. The molecule has 0 saturated carbocycles. The fraction of sp³-hybridized carbons (Fsp3) is 0. The van der Waals surface area contributed by atoms with Crippen molar-refractivity contribution >= 4 is 81.3 Å². The smallest absolute Gasteiger partial charge is 0.136 e. The molecule has 8 aromatic carbocycles. The van der Waals surface area contributed by atoms with Crippen LogP contribution in [0.1, 0.15) is 0 Å². The first-order valence-electron chi connectivity index (χ1n) is 16.6. The average molecular weight is 644 g/mol. The Morgan fingerprint density at radius 1 is 0.408 bits per heavy atom. The van der Waals surface area contributed by atoms with Gasteiger partial charge >= 0.3 is 0 Å². The summed E-state index contributed by atoms with van der Waals surface area (Å²) in [5.41, 5.74) is 10.00. The molecule has 2 nitrogen and oxygen atoms in total. The number of anilines is 3. The number of para-hydroxylation sites is 2. The van der Waals surface area contributed by atoms with Crippen molar-refractivity contribution in [3.63, 3.8) is 0 Å². The number of rotatable bonds is 5. The minimum absolute atomic E-state index is 0.914. The van der Waals surface area contributed by atoms with E-state index in [0.29, 0.717) is 0 Å². The number of thiophene rings is 1. The zero-order chi connectivity index (χ0) is 32.3. The van der Waals surface area contributed by atoms with E-state index in [1.807, 2.05) is 23.5 Å². The van der Waals surface area contributed by atoms with Crippen molar-refractivity contribution in [2.24, 2.45) is 0 Å². The summed E-state index contributed by atoms with van der Waals surface area (Å²) in [6, 6.07) is 63.3. The van der Waals surface area contributed by atoms with Gasteiger partial charge in [0.1, 0.15) is 11.2 Å². The predicted molar refractivity (Wildman–Crippen MR) is 210 cm³/mol. The van der Waals surface area contributed by atoms with Crippen LogP contribution >= 0.6 is 11.3 Å². The quantitative estimate of drug-likeness (QED) is 0.186. The van der Waals surface area contributed by atoms with E-state index in [1.54, 1.807) is 0 Å². The summed E-state index contributed by atoms with van der Waals surface area (Å²) in [6.07, 6.45) is 0. The van der Waals surface area contributed by atoms with Crippen molar-refractivity contribution in [3.05, 3.63) is 176 Å². The number of fused-ring (bicyclic) bond motifs is 7. The van der Waals surface area contributed by atoms with Crippen molar-refractivity contribution in [2.75, 3.05) is 4.90 Å². The van der Waals surface area contributed by atoms with Crippen molar-refractivity contribution in [3.8, 4) is 22.3 Å². The SMILES string of the molecule is c1ccc(-c2ccccc2N(c2ccc(-c3cccc4c3sc3ccccc34)cc2)c2ccc3cc4oc5ccccc5c4cc3c2)cc1. The first-order valence-corrected chi connectivity index (χ1v) is 17.4. The van der Waals surface area contributed by atoms with Crippen LogP contribution in [-0.2, 0) is 0 Å². The number of furan rings is 1. The van der Waals surface area contributed by atoms with E-state index >= 15 is 0 Å². The molecule has 3 heteroatoms. The fourth-order valence-electron chi connectivity index (χ4n) is 7.32. The molecule has 0 N–H and O–H groups in total. The highest BCUT2D eigenvalue weighted by atomic mass is 32.1. The largest absolute Gasteiger partial charge is 0.456 e. The van der Waals surface area contributed by atoms with Gasteiger partial charge in [-0.1, -0.05) is 121 Å². The molecule has 0 aliphatic heterocycles. The van der Waals surface area contributed by atoms with Gasteiger partial charge in [0.2, 0.25) is 0 Å². The molecule has 10 rings (SSSR count). The van der Waals surface area contributed by atoms with E-state index in [-0.39, 0.29) is 0 Å². The maximum Gasteiger partial charge on any atom is 0.136 e. The molecule has 0 radical (unpaired) electrons. The lowest BCUT2D eigenvalue weighted by atomic mass is 9.99. The molecule has 49 heavy (non-hydrogen) atoms. The average Bonchev–Trinajstić information content (AvgIpc) is 3.73. The maximum absolute atomic E-state index is 6.22. The van der Waals surface area contributed by atoms with Crippen molar-refractivity contribution in [2.45, 2.75) is 0 Å². The minimum atomic E-state index is 0.914. The van der Waals surface area contributed by atoms with Gasteiger partial charge in [-0.05, 0) is 82.1 Å². The van der Waals surface area contributed by atoms with Crippen LogP contribution < -0.4 is 4.90 Å². The van der Waals surface area contributed by atoms with Gasteiger partial charge in [-0.2, -0.15) is 0 Å². The van der Waals surface area contributed by atoms with Crippen LogP contribution in [0.4, 0.5) is 17.1 Å². The second-order valence-corrected chi connectivity index (χ2v) is 13.6. The number of hydrogen-bond donors (Lipinski definition) is 0. The molecular formula is C46H29NOS. The Balaban J connectivity index is 1.15. The summed E-state index contributed by atoms with van der Waals surface area (Å²) in [5, 5.41) is 7.24. The molecule has 0 fully saturated rings. The minimum Gasteiger partial charge on any atom is -0.456 e. The van der Waals surface area contributed by atoms with E-state index < -0.39 is 0 Å². The van der Waals surface area contributed by atoms with Crippen LogP contribution in [0.2, 0.25) is 0 Å². The van der Waals surface area contributed by atoms with Crippen molar-refractivity contribution < 1.29 is 4.42 Å². The highest BCUT2D eigenvalue weighted by Gasteiger charge is 2.19. The van der Waals surface area contributed by atoms with Crippen LogP contribution in [0.15, 0.2) is 180 Å². The zero-order valence-corrected chi connectivity index (χ0v) is 27.3. The van der Waals surface area contributed by atoms with Crippen LogP contribution in [0.5, 0.6) is 0 Å². The van der Waals surface area contributed by atoms with Crippen LogP contribution in [0.3, 0.4) is 0 Å². The van der Waals surface area contributed by atoms with Crippen molar-refractivity contribution in [1.82, 2.24) is 0 Å². The summed E-state index contributed by atoms with van der Waals surface area (Å²) in [6.45, 7) is 0. The highest BCUT2D eigenvalue weighted by Crippen LogP contribution is 2.44. The van der Waals surface area contributed by atoms with Gasteiger partial charge in [-0.15, -0.1) is 11.3 Å². The van der Waals surface area contributed by atoms with Gasteiger partial charge < -0.3 is 9.32 Å². The molecule has 0 atom stereocenters. The van der Waals surface area contributed by atoms with Gasteiger partial charge in [-0.3, -0.25) is 0 Å². The molecule has 0 spiro atoms. The lowest BCUT2D eigenvalue weighted by molar-refractivity contribution is 0.669. The lowest BCUT2D eigenvalue weighted by Gasteiger charge is -2.28. The summed E-state index contributed by atoms with van der Waals surface area (Å²) < 4.78 is 8.87. The second-order valence-electron chi connectivity index (χ2n) is 12.5. The van der Waals surface area contributed by atoms with Gasteiger partial charge in [-0.25, -0.2) is 0 Å². The van der Waals surface area contributed by atoms with Crippen LogP contribution in [0, 0.1) is 0 Å². The Labute approximate surface area is 287 Å². The Kier molecular flexibility index (Phi) is 6.39. The summed E-state index contributed by atoms with van der Waals surface area (Å²) in [5.74, 6) is 0. The first kappa shape index (κ1) is 27.9. The topological polar surface area (TPSA) is 16.4 Å². The van der Waals surface area contributed by atoms with Crippen molar-refractivity contribution in [1.29, 1.82) is 0 Å². The predicted octanol–water partition coefficient (Wildman–Crippen LogP) is 13.9. The Bertz CT molecular complexity index is 2830. The zero-order valence-electron chi connectivity index (χ0n) is 26.5. The first-order chi connectivity index (χ1) is 24.3. The Morgan fingerprint density at radius 3 is 2.00 bits per heavy atom. The summed E-state index contributed by atoms with van der Waals surface area (Å²) in [7, 11) is 0. The molecule has 0 aliphatic rings. The number of benzene rings is 8. The van der Waals surface area contributed by atoms with Gasteiger partial charge in [0.25, 0.3) is 0 Å². The molecule has 0 aliphatic carbocycles. The van der Waals surface area contributed by atoms with E-state index in [4.69, 9.17) is 4.42 Å². The van der Waals surface area contributed by atoms with Crippen LogP contribution in [-0.4, -0.2) is 0 Å². The van der Waals surface area contributed by atoms with E-state index in [0.717, 1.165) is 44.4 Å². The standard InChI is InChI=1S/C46H29NOS/c1-2-11-30(12-3-1)36-13-4-7-18-42(36)47(35-26-23-32-29-44-41(28-33(32)27-35)38-14-5-8-19-43(38)48-44)34-24-21-31(22-25-34)37-16-10-17-40-39-15-6-9-20-45(39)49-46(37)40/h1-29H. The molecular weight excluding hydrogens is 615 g/mol. The summed E-state index contributed by atoms with van der Waals surface area (Å²) >= 11 is 1.87. The molecule has 0 unspecified atom stereocenters. The normalized spacial score (nSPS) is 11.7. The Hall–Kier alpha value is -6.16. The van der Waals surface area contributed by atoms with E-state index in [1.165, 1.54) is 47.8 Å². The maximum atomic E-state index is 6.22. The molecule has 0 amide bonds. The molecule has 0 bridgehead atoms. The molecule has 230 valence electrons. The highest BCUT2D eigenvalue weighted by molar-refractivity contribution is 7.26. The van der Waals surface area contributed by atoms with E-state index in [2.05, 4.69) is 169 Å². The van der Waals surface area contributed by atoms with E-state index in [9.17, 15) is 0 Å². The molecule has 10 aromatic rings. The third-order valence-electron chi connectivity index (χ3n) is 9.65. The molecule has 0 saturated heterocycles. The monoisotopic (exact) mass is 643 g/mol. The van der Waals surface area contributed by atoms with Crippen LogP contribution in [0.25, 0.3) is 75.1 Å². The second kappa shape index (κ2) is 11.2. The third-order valence-corrected chi connectivity index (χ3v) is 10.9. The third kappa shape index (κ3) is 4.62. The Morgan fingerprint density at radius 2 is 1.10 bits per heavy atom. The number of nitrogens with zero attached hydrogens (tertiary/aromatic N) is 1. The van der Waals surface area contributed by atoms with Gasteiger partial charge in [0.05, 0.1) is 5.69 Å². The lowest BCUT2D eigenvalue weighted by Crippen LogP contribution is -2.11.